The first-order chi connectivity index (χ1) is 5.83. The second-order valence-electron chi connectivity index (χ2n) is 3.04. The lowest BCUT2D eigenvalue weighted by Gasteiger charge is -1.97. The van der Waals surface area contributed by atoms with E-state index in [0.717, 1.165) is 12.5 Å². The zero-order valence-corrected chi connectivity index (χ0v) is 7.38. The molecule has 1 aliphatic rings. The molecule has 0 heterocycles. The fourth-order valence-corrected chi connectivity index (χ4v) is 0.972. The quantitative estimate of drug-likeness (QED) is 0.380. The molecule has 0 saturated heterocycles. The van der Waals surface area contributed by atoms with Crippen LogP contribution in [-0.4, -0.2) is 19.6 Å². The van der Waals surface area contributed by atoms with E-state index in [1.165, 1.54) is 32.4 Å². The van der Waals surface area contributed by atoms with Crippen molar-refractivity contribution in [2.24, 2.45) is 5.92 Å². The molecular formula is C9H15NO2. The molecule has 0 aliphatic heterocycles. The number of hydrogen-bond donors (Lipinski definition) is 1. The van der Waals surface area contributed by atoms with E-state index in [9.17, 15) is 4.79 Å². The lowest BCUT2D eigenvalue weighted by Crippen LogP contribution is -2.08. The van der Waals surface area contributed by atoms with E-state index in [1.54, 1.807) is 6.20 Å². The highest BCUT2D eigenvalue weighted by Crippen LogP contribution is 2.31. The maximum Gasteiger partial charge on any atom is 0.331 e. The minimum atomic E-state index is -0.311. The van der Waals surface area contributed by atoms with Crippen molar-refractivity contribution in [3.63, 3.8) is 0 Å². The molecular weight excluding hydrogens is 154 g/mol. The Balaban J connectivity index is 1.92. The van der Waals surface area contributed by atoms with Crippen LogP contribution >= 0.6 is 0 Å². The molecule has 1 rings (SSSR count). The zero-order valence-electron chi connectivity index (χ0n) is 7.38. The van der Waals surface area contributed by atoms with E-state index in [4.69, 9.17) is 0 Å². The first kappa shape index (κ1) is 9.10. The third-order valence-corrected chi connectivity index (χ3v) is 1.93. The van der Waals surface area contributed by atoms with Crippen LogP contribution in [0.25, 0.3) is 0 Å². The number of ether oxygens (including phenoxy) is 1. The Labute approximate surface area is 72.8 Å². The van der Waals surface area contributed by atoms with Gasteiger partial charge < -0.3 is 10.1 Å². The van der Waals surface area contributed by atoms with E-state index in [-0.39, 0.29) is 5.97 Å². The van der Waals surface area contributed by atoms with Crippen LogP contribution in [0.1, 0.15) is 19.3 Å². The largest absolute Gasteiger partial charge is 0.466 e. The van der Waals surface area contributed by atoms with E-state index in [0.29, 0.717) is 0 Å². The summed E-state index contributed by atoms with van der Waals surface area (Å²) in [7, 11) is 1.37. The van der Waals surface area contributed by atoms with Gasteiger partial charge in [0.05, 0.1) is 7.11 Å². The third kappa shape index (κ3) is 4.01. The summed E-state index contributed by atoms with van der Waals surface area (Å²) in [6.45, 7) is 0.957. The van der Waals surface area contributed by atoms with E-state index in [1.807, 2.05) is 0 Å². The Hall–Kier alpha value is -0.990. The minimum Gasteiger partial charge on any atom is -0.466 e. The predicted octanol–water partition coefficient (Wildman–Crippen LogP) is 1.06. The van der Waals surface area contributed by atoms with Gasteiger partial charge >= 0.3 is 5.97 Å². The molecule has 0 atom stereocenters. The van der Waals surface area contributed by atoms with Crippen LogP contribution in [0.5, 0.6) is 0 Å². The van der Waals surface area contributed by atoms with Gasteiger partial charge in [0.1, 0.15) is 0 Å². The number of carbonyl (C=O) groups excluding carboxylic acids is 1. The Bertz CT molecular complexity index is 173. The molecule has 68 valence electrons. The van der Waals surface area contributed by atoms with Crippen molar-refractivity contribution in [1.29, 1.82) is 0 Å². The molecule has 0 amide bonds. The highest BCUT2D eigenvalue weighted by molar-refractivity contribution is 5.81. The molecule has 0 aromatic carbocycles. The average molecular weight is 169 g/mol. The number of hydrogen-bond acceptors (Lipinski definition) is 3. The molecule has 3 heteroatoms. The molecule has 0 spiro atoms. The van der Waals surface area contributed by atoms with E-state index >= 15 is 0 Å². The van der Waals surface area contributed by atoms with Gasteiger partial charge in [-0.05, 0) is 12.3 Å². The molecule has 1 saturated carbocycles. The van der Waals surface area contributed by atoms with Gasteiger partial charge in [0, 0.05) is 18.8 Å². The summed E-state index contributed by atoms with van der Waals surface area (Å²) < 4.78 is 4.42. The van der Waals surface area contributed by atoms with Crippen molar-refractivity contribution in [2.45, 2.75) is 19.3 Å². The summed E-state index contributed by atoms with van der Waals surface area (Å²) in [4.78, 5) is 10.6. The van der Waals surface area contributed by atoms with Crippen LogP contribution in [0.4, 0.5) is 0 Å². The number of esters is 1. The fraction of sp³-hybridized carbons (Fsp3) is 0.667. The summed E-state index contributed by atoms with van der Waals surface area (Å²) in [5.74, 6) is 0.623. The second kappa shape index (κ2) is 4.80. The molecule has 1 fully saturated rings. The van der Waals surface area contributed by atoms with Crippen molar-refractivity contribution >= 4 is 5.97 Å². The van der Waals surface area contributed by atoms with Crippen molar-refractivity contribution in [1.82, 2.24) is 5.32 Å². The minimum absolute atomic E-state index is 0.311. The molecule has 0 aromatic heterocycles. The van der Waals surface area contributed by atoms with E-state index < -0.39 is 0 Å². The molecule has 0 radical (unpaired) electrons. The summed E-state index contributed by atoms with van der Waals surface area (Å²) in [6, 6.07) is 0. The van der Waals surface area contributed by atoms with Gasteiger partial charge in [-0.1, -0.05) is 12.8 Å². The standard InChI is InChI=1S/C9H15NO2/c1-12-9(11)5-7-10-6-4-8-2-3-8/h5,7-8,10H,2-4,6H2,1H3/b7-5+. The molecule has 1 aliphatic carbocycles. The zero-order chi connectivity index (χ0) is 8.81. The fourth-order valence-electron chi connectivity index (χ4n) is 0.972. The maximum atomic E-state index is 10.6. The van der Waals surface area contributed by atoms with Crippen LogP contribution in [0, 0.1) is 5.92 Å². The third-order valence-electron chi connectivity index (χ3n) is 1.93. The molecule has 1 N–H and O–H groups in total. The number of carbonyl (C=O) groups is 1. The molecule has 3 nitrogen and oxygen atoms in total. The van der Waals surface area contributed by atoms with Gasteiger partial charge in [-0.2, -0.15) is 0 Å². The Kier molecular flexibility index (Phi) is 3.64. The van der Waals surface area contributed by atoms with E-state index in [2.05, 4.69) is 10.1 Å². The SMILES string of the molecule is COC(=O)/C=C/NCCC1CC1. The van der Waals surface area contributed by atoms with Gasteiger partial charge in [-0.15, -0.1) is 0 Å². The highest BCUT2D eigenvalue weighted by atomic mass is 16.5. The predicted molar refractivity (Wildman–Crippen MR) is 46.5 cm³/mol. The van der Waals surface area contributed by atoms with Crippen molar-refractivity contribution in [3.8, 4) is 0 Å². The summed E-state index contributed by atoms with van der Waals surface area (Å²) in [5, 5.41) is 3.04. The van der Waals surface area contributed by atoms with Crippen LogP contribution in [-0.2, 0) is 9.53 Å². The van der Waals surface area contributed by atoms with Crippen molar-refractivity contribution in [3.05, 3.63) is 12.3 Å². The molecule has 12 heavy (non-hydrogen) atoms. The average Bonchev–Trinajstić information content (AvgIpc) is 2.87. The summed E-state index contributed by atoms with van der Waals surface area (Å²) in [5.41, 5.74) is 0. The van der Waals surface area contributed by atoms with Gasteiger partial charge in [-0.25, -0.2) is 4.79 Å². The summed E-state index contributed by atoms with van der Waals surface area (Å²) >= 11 is 0. The second-order valence-corrected chi connectivity index (χ2v) is 3.04. The lowest BCUT2D eigenvalue weighted by atomic mass is 10.3. The first-order valence-electron chi connectivity index (χ1n) is 4.31. The number of nitrogens with one attached hydrogen (secondary N) is 1. The number of rotatable bonds is 5. The smallest absolute Gasteiger partial charge is 0.331 e. The van der Waals surface area contributed by atoms with Crippen molar-refractivity contribution < 1.29 is 9.53 Å². The van der Waals surface area contributed by atoms with Crippen LogP contribution < -0.4 is 5.32 Å². The topological polar surface area (TPSA) is 38.3 Å². The molecule has 0 bridgehead atoms. The Morgan fingerprint density at radius 2 is 2.42 bits per heavy atom. The molecule has 0 unspecified atom stereocenters. The van der Waals surface area contributed by atoms with Gasteiger partial charge in [0.15, 0.2) is 0 Å². The first-order valence-corrected chi connectivity index (χ1v) is 4.31. The lowest BCUT2D eigenvalue weighted by molar-refractivity contribution is -0.134. The van der Waals surface area contributed by atoms with Gasteiger partial charge in [0.25, 0.3) is 0 Å². The number of methoxy groups -OCH3 is 1. The highest BCUT2D eigenvalue weighted by Gasteiger charge is 2.19. The van der Waals surface area contributed by atoms with Gasteiger partial charge in [-0.3, -0.25) is 0 Å². The van der Waals surface area contributed by atoms with Gasteiger partial charge in [0.2, 0.25) is 0 Å². The normalized spacial score (nSPS) is 16.4. The van der Waals surface area contributed by atoms with Crippen LogP contribution in [0.2, 0.25) is 0 Å². The summed E-state index contributed by atoms with van der Waals surface area (Å²) in [6.07, 6.45) is 7.01. The monoisotopic (exact) mass is 169 g/mol. The maximum absolute atomic E-state index is 10.6. The Morgan fingerprint density at radius 3 is 3.00 bits per heavy atom. The van der Waals surface area contributed by atoms with Crippen molar-refractivity contribution in [2.75, 3.05) is 13.7 Å². The molecule has 0 aromatic rings. The van der Waals surface area contributed by atoms with Crippen LogP contribution in [0.15, 0.2) is 12.3 Å². The Morgan fingerprint density at radius 1 is 1.67 bits per heavy atom. The van der Waals surface area contributed by atoms with Crippen LogP contribution in [0.3, 0.4) is 0 Å².